The average Bonchev–Trinajstić information content (AvgIpc) is 2.85. The molecule has 2 heterocycles. The van der Waals surface area contributed by atoms with Gasteiger partial charge in [0, 0.05) is 12.6 Å². The van der Waals surface area contributed by atoms with Gasteiger partial charge in [-0.15, -0.1) is 0 Å². The van der Waals surface area contributed by atoms with Crippen molar-refractivity contribution in [2.45, 2.75) is 38.7 Å². The molecule has 0 bridgehead atoms. The summed E-state index contributed by atoms with van der Waals surface area (Å²) in [4.78, 5) is 13.8. The van der Waals surface area contributed by atoms with Gasteiger partial charge in [-0.2, -0.15) is 0 Å². The van der Waals surface area contributed by atoms with Crippen molar-refractivity contribution in [3.05, 3.63) is 17.5 Å². The number of hydrogen-bond donors (Lipinski definition) is 2. The van der Waals surface area contributed by atoms with Crippen molar-refractivity contribution in [1.29, 1.82) is 0 Å². The number of β-amino-alcohol motifs (C(OH)–C–C–N with tert-alkyl or cyclic N) is 1. The number of nitrogens with zero attached hydrogens (tertiary/aromatic N) is 2. The Morgan fingerprint density at radius 1 is 1.60 bits per heavy atom. The van der Waals surface area contributed by atoms with Gasteiger partial charge in [0.25, 0.3) is 5.91 Å². The SMILES string of the molecule is CC(C)Cc1cc(C(=O)N2CCC[C@](O)(CO)C2)on1. The van der Waals surface area contributed by atoms with Crippen molar-refractivity contribution in [2.24, 2.45) is 5.92 Å². The maximum Gasteiger partial charge on any atom is 0.292 e. The van der Waals surface area contributed by atoms with Gasteiger partial charge in [-0.3, -0.25) is 4.79 Å². The Balaban J connectivity index is 2.05. The number of aromatic nitrogens is 1. The summed E-state index contributed by atoms with van der Waals surface area (Å²) in [5.74, 6) is 0.361. The standard InChI is InChI=1S/C14H22N2O4/c1-10(2)6-11-7-12(20-15-11)13(18)16-5-3-4-14(19,8-16)9-17/h7,10,17,19H,3-6,8-9H2,1-2H3/t14-/m1/s1. The van der Waals surface area contributed by atoms with Crippen LogP contribution in [0.4, 0.5) is 0 Å². The van der Waals surface area contributed by atoms with Gasteiger partial charge in [0.15, 0.2) is 0 Å². The number of carbonyl (C=O) groups is 1. The van der Waals surface area contributed by atoms with Gasteiger partial charge in [-0.05, 0) is 25.2 Å². The fourth-order valence-corrected chi connectivity index (χ4v) is 2.50. The van der Waals surface area contributed by atoms with E-state index in [1.54, 1.807) is 6.07 Å². The van der Waals surface area contributed by atoms with E-state index in [2.05, 4.69) is 19.0 Å². The summed E-state index contributed by atoms with van der Waals surface area (Å²) in [6, 6.07) is 1.66. The molecule has 1 aliphatic heterocycles. The first-order valence-corrected chi connectivity index (χ1v) is 7.01. The van der Waals surface area contributed by atoms with Crippen LogP contribution >= 0.6 is 0 Å². The van der Waals surface area contributed by atoms with E-state index in [0.29, 0.717) is 25.3 Å². The van der Waals surface area contributed by atoms with Gasteiger partial charge in [0.05, 0.1) is 18.8 Å². The third kappa shape index (κ3) is 3.37. The Hall–Kier alpha value is -1.40. The Morgan fingerprint density at radius 2 is 2.35 bits per heavy atom. The zero-order valence-electron chi connectivity index (χ0n) is 12.0. The normalized spacial score (nSPS) is 23.4. The minimum absolute atomic E-state index is 0.128. The fourth-order valence-electron chi connectivity index (χ4n) is 2.50. The van der Waals surface area contributed by atoms with E-state index in [1.807, 2.05) is 0 Å². The molecule has 0 aliphatic carbocycles. The molecule has 6 nitrogen and oxygen atoms in total. The maximum atomic E-state index is 12.3. The molecule has 1 atom stereocenters. The zero-order chi connectivity index (χ0) is 14.8. The first kappa shape index (κ1) is 15.0. The molecule has 0 radical (unpaired) electrons. The van der Waals surface area contributed by atoms with Crippen LogP contribution in [0, 0.1) is 5.92 Å². The monoisotopic (exact) mass is 282 g/mol. The molecule has 1 aliphatic rings. The minimum atomic E-state index is -1.20. The number of amides is 1. The van der Waals surface area contributed by atoms with Crippen LogP contribution in [0.5, 0.6) is 0 Å². The predicted octanol–water partition coefficient (Wildman–Crippen LogP) is 0.833. The number of likely N-dealkylation sites (tertiary alicyclic amines) is 1. The van der Waals surface area contributed by atoms with Crippen molar-refractivity contribution >= 4 is 5.91 Å². The fraction of sp³-hybridized carbons (Fsp3) is 0.714. The van der Waals surface area contributed by atoms with Gasteiger partial charge in [0.1, 0.15) is 5.60 Å². The van der Waals surface area contributed by atoms with Crippen molar-refractivity contribution in [3.63, 3.8) is 0 Å². The Bertz CT molecular complexity index is 471. The summed E-state index contributed by atoms with van der Waals surface area (Å²) >= 11 is 0. The lowest BCUT2D eigenvalue weighted by Crippen LogP contribution is -2.52. The summed E-state index contributed by atoms with van der Waals surface area (Å²) in [5, 5.41) is 23.2. The molecule has 1 aromatic rings. The predicted molar refractivity (Wildman–Crippen MR) is 72.2 cm³/mol. The first-order chi connectivity index (χ1) is 9.43. The van der Waals surface area contributed by atoms with Crippen LogP contribution in [0.25, 0.3) is 0 Å². The molecule has 20 heavy (non-hydrogen) atoms. The summed E-state index contributed by atoms with van der Waals surface area (Å²) in [7, 11) is 0. The van der Waals surface area contributed by atoms with Crippen LogP contribution in [0.3, 0.4) is 0 Å². The largest absolute Gasteiger partial charge is 0.393 e. The molecular weight excluding hydrogens is 260 g/mol. The van der Waals surface area contributed by atoms with Crippen molar-refractivity contribution in [2.75, 3.05) is 19.7 Å². The third-order valence-corrected chi connectivity index (χ3v) is 3.52. The maximum absolute atomic E-state index is 12.3. The molecule has 0 unspecified atom stereocenters. The molecule has 112 valence electrons. The van der Waals surface area contributed by atoms with Gasteiger partial charge in [-0.25, -0.2) is 0 Å². The van der Waals surface area contributed by atoms with E-state index in [1.165, 1.54) is 4.90 Å². The van der Waals surface area contributed by atoms with E-state index in [0.717, 1.165) is 12.1 Å². The van der Waals surface area contributed by atoms with Crippen molar-refractivity contribution in [1.82, 2.24) is 10.1 Å². The second-order valence-corrected chi connectivity index (χ2v) is 5.99. The Kier molecular flexibility index (Phi) is 4.45. The highest BCUT2D eigenvalue weighted by Gasteiger charge is 2.35. The van der Waals surface area contributed by atoms with Crippen LogP contribution in [0.15, 0.2) is 10.6 Å². The number of aliphatic hydroxyl groups is 2. The molecule has 1 saturated heterocycles. The molecule has 2 N–H and O–H groups in total. The minimum Gasteiger partial charge on any atom is -0.393 e. The lowest BCUT2D eigenvalue weighted by molar-refractivity contribution is -0.0603. The van der Waals surface area contributed by atoms with Gasteiger partial charge in [-0.1, -0.05) is 19.0 Å². The number of aliphatic hydroxyl groups excluding tert-OH is 1. The highest BCUT2D eigenvalue weighted by molar-refractivity contribution is 5.91. The van der Waals surface area contributed by atoms with Crippen LogP contribution < -0.4 is 0 Å². The van der Waals surface area contributed by atoms with Crippen LogP contribution in [-0.4, -0.2) is 51.5 Å². The summed E-state index contributed by atoms with van der Waals surface area (Å²) in [5.41, 5.74) is -0.438. The Labute approximate surface area is 118 Å². The molecule has 1 fully saturated rings. The summed E-state index contributed by atoms with van der Waals surface area (Å²) < 4.78 is 5.10. The van der Waals surface area contributed by atoms with Gasteiger partial charge < -0.3 is 19.6 Å². The van der Waals surface area contributed by atoms with E-state index in [4.69, 9.17) is 4.52 Å². The van der Waals surface area contributed by atoms with Crippen molar-refractivity contribution < 1.29 is 19.5 Å². The van der Waals surface area contributed by atoms with E-state index >= 15 is 0 Å². The van der Waals surface area contributed by atoms with E-state index < -0.39 is 5.60 Å². The molecular formula is C14H22N2O4. The molecule has 1 amide bonds. The molecule has 1 aromatic heterocycles. The highest BCUT2D eigenvalue weighted by atomic mass is 16.5. The van der Waals surface area contributed by atoms with Crippen LogP contribution in [0.2, 0.25) is 0 Å². The zero-order valence-corrected chi connectivity index (χ0v) is 12.0. The highest BCUT2D eigenvalue weighted by Crippen LogP contribution is 2.22. The molecule has 0 aromatic carbocycles. The van der Waals surface area contributed by atoms with Gasteiger partial charge >= 0.3 is 0 Å². The van der Waals surface area contributed by atoms with Crippen LogP contribution in [-0.2, 0) is 6.42 Å². The number of piperidine rings is 1. The smallest absolute Gasteiger partial charge is 0.292 e. The third-order valence-electron chi connectivity index (χ3n) is 3.52. The molecule has 0 spiro atoms. The summed E-state index contributed by atoms with van der Waals surface area (Å²) in [6.45, 7) is 4.49. The topological polar surface area (TPSA) is 86.8 Å². The first-order valence-electron chi connectivity index (χ1n) is 7.01. The van der Waals surface area contributed by atoms with Crippen molar-refractivity contribution in [3.8, 4) is 0 Å². The van der Waals surface area contributed by atoms with Crippen LogP contribution in [0.1, 0.15) is 42.9 Å². The Morgan fingerprint density at radius 3 is 3.00 bits per heavy atom. The van der Waals surface area contributed by atoms with Gasteiger partial charge in [0.2, 0.25) is 5.76 Å². The molecule has 0 saturated carbocycles. The van der Waals surface area contributed by atoms with E-state index in [-0.39, 0.29) is 24.8 Å². The second kappa shape index (κ2) is 5.93. The number of hydrogen-bond acceptors (Lipinski definition) is 5. The lowest BCUT2D eigenvalue weighted by atomic mass is 9.93. The quantitative estimate of drug-likeness (QED) is 0.854. The lowest BCUT2D eigenvalue weighted by Gasteiger charge is -2.37. The number of rotatable bonds is 4. The average molecular weight is 282 g/mol. The van der Waals surface area contributed by atoms with E-state index in [9.17, 15) is 15.0 Å². The molecule has 2 rings (SSSR count). The number of carbonyl (C=O) groups excluding carboxylic acids is 1. The summed E-state index contributed by atoms with van der Waals surface area (Å²) in [6.07, 6.45) is 1.93. The second-order valence-electron chi connectivity index (χ2n) is 5.99. The molecule has 6 heteroatoms.